The lowest BCUT2D eigenvalue weighted by atomic mass is 10.1. The zero-order valence-corrected chi connectivity index (χ0v) is 9.45. The summed E-state index contributed by atoms with van der Waals surface area (Å²) in [5.41, 5.74) is 0.903. The summed E-state index contributed by atoms with van der Waals surface area (Å²) in [6.45, 7) is 0. The number of fused-ring (bicyclic) bond motifs is 1. The molecule has 0 aliphatic heterocycles. The topological polar surface area (TPSA) is 64.3 Å². The molecule has 0 spiro atoms. The van der Waals surface area contributed by atoms with Gasteiger partial charge in [-0.05, 0) is 6.07 Å². The molecule has 0 fully saturated rings. The van der Waals surface area contributed by atoms with Crippen molar-refractivity contribution in [1.82, 2.24) is 0 Å². The third kappa shape index (κ3) is 2.14. The van der Waals surface area contributed by atoms with Gasteiger partial charge in [-0.25, -0.2) is 8.42 Å². The molecule has 0 saturated carbocycles. The second-order valence-electron chi connectivity index (χ2n) is 3.64. The third-order valence-corrected chi connectivity index (χ3v) is 2.96. The maximum atomic E-state index is 11.7. The summed E-state index contributed by atoms with van der Waals surface area (Å²) in [4.78, 5) is 11.7. The molecule has 0 N–H and O–H groups in total. The van der Waals surface area contributed by atoms with Crippen molar-refractivity contribution in [2.24, 2.45) is 0 Å². The summed E-state index contributed by atoms with van der Waals surface area (Å²) >= 11 is 0. The van der Waals surface area contributed by atoms with Crippen molar-refractivity contribution in [3.63, 3.8) is 0 Å². The first-order chi connectivity index (χ1) is 7.47. The number of ketones is 1. The minimum Gasteiger partial charge on any atom is -0.464 e. The first-order valence-electron chi connectivity index (χ1n) is 4.64. The standard InChI is InChI=1S/C11H10O4S/c1-16(13,14)7-10(12)9-6-15-11-5-3-2-4-8(9)11/h2-6H,7H2,1H3. The summed E-state index contributed by atoms with van der Waals surface area (Å²) in [6, 6.07) is 7.02. The van der Waals surface area contributed by atoms with Gasteiger partial charge in [-0.1, -0.05) is 18.2 Å². The fraction of sp³-hybridized carbons (Fsp3) is 0.182. The van der Waals surface area contributed by atoms with Gasteiger partial charge in [0.15, 0.2) is 15.6 Å². The highest BCUT2D eigenvalue weighted by atomic mass is 32.2. The summed E-state index contributed by atoms with van der Waals surface area (Å²) in [7, 11) is -3.31. The second-order valence-corrected chi connectivity index (χ2v) is 5.78. The van der Waals surface area contributed by atoms with E-state index in [0.717, 1.165) is 6.26 Å². The number of benzene rings is 1. The molecule has 0 atom stereocenters. The number of rotatable bonds is 3. The number of hydrogen-bond donors (Lipinski definition) is 0. The van der Waals surface area contributed by atoms with Crippen molar-refractivity contribution >= 4 is 26.6 Å². The van der Waals surface area contributed by atoms with E-state index in [1.807, 2.05) is 0 Å². The quantitative estimate of drug-likeness (QED) is 0.763. The molecule has 0 amide bonds. The van der Waals surface area contributed by atoms with Crippen LogP contribution in [0.5, 0.6) is 0 Å². The Morgan fingerprint density at radius 1 is 1.31 bits per heavy atom. The number of sulfone groups is 1. The Hall–Kier alpha value is -1.62. The van der Waals surface area contributed by atoms with E-state index in [4.69, 9.17) is 4.42 Å². The summed E-state index contributed by atoms with van der Waals surface area (Å²) in [5.74, 6) is -0.927. The second kappa shape index (κ2) is 3.75. The Kier molecular flexibility index (Phi) is 2.55. The van der Waals surface area contributed by atoms with E-state index in [1.54, 1.807) is 24.3 Å². The monoisotopic (exact) mass is 238 g/mol. The first-order valence-corrected chi connectivity index (χ1v) is 6.70. The number of furan rings is 1. The lowest BCUT2D eigenvalue weighted by Crippen LogP contribution is -2.14. The van der Waals surface area contributed by atoms with Gasteiger partial charge in [-0.3, -0.25) is 4.79 Å². The maximum Gasteiger partial charge on any atom is 0.181 e. The highest BCUT2D eigenvalue weighted by Crippen LogP contribution is 2.21. The zero-order valence-electron chi connectivity index (χ0n) is 8.64. The van der Waals surface area contributed by atoms with E-state index in [0.29, 0.717) is 16.5 Å². The largest absolute Gasteiger partial charge is 0.464 e. The molecule has 0 radical (unpaired) electrons. The predicted molar refractivity (Wildman–Crippen MR) is 60.3 cm³/mol. The normalized spacial score (nSPS) is 11.8. The fourth-order valence-electron chi connectivity index (χ4n) is 1.51. The number of hydrogen-bond acceptors (Lipinski definition) is 4. The van der Waals surface area contributed by atoms with Gasteiger partial charge in [0.05, 0.1) is 5.56 Å². The minimum atomic E-state index is -3.31. The average molecular weight is 238 g/mol. The van der Waals surface area contributed by atoms with E-state index in [1.165, 1.54) is 6.26 Å². The van der Waals surface area contributed by atoms with E-state index >= 15 is 0 Å². The fourth-order valence-corrected chi connectivity index (χ4v) is 2.14. The highest BCUT2D eigenvalue weighted by molar-refractivity contribution is 7.91. The molecule has 0 aliphatic carbocycles. The van der Waals surface area contributed by atoms with Crippen LogP contribution in [0.15, 0.2) is 34.9 Å². The number of para-hydroxylation sites is 1. The maximum absolute atomic E-state index is 11.7. The summed E-state index contributed by atoms with van der Waals surface area (Å²) < 4.78 is 27.2. The molecule has 1 aromatic carbocycles. The van der Waals surface area contributed by atoms with Gasteiger partial charge in [-0.15, -0.1) is 0 Å². The van der Waals surface area contributed by atoms with Crippen LogP contribution in [0, 0.1) is 0 Å². The molecular formula is C11H10O4S. The van der Waals surface area contributed by atoms with Crippen LogP contribution in [0.1, 0.15) is 10.4 Å². The van der Waals surface area contributed by atoms with Crippen LogP contribution < -0.4 is 0 Å². The van der Waals surface area contributed by atoms with Crippen molar-refractivity contribution in [2.75, 3.05) is 12.0 Å². The van der Waals surface area contributed by atoms with Crippen LogP contribution in [0.4, 0.5) is 0 Å². The molecule has 4 nitrogen and oxygen atoms in total. The van der Waals surface area contributed by atoms with Gasteiger partial charge < -0.3 is 4.42 Å². The molecule has 1 heterocycles. The van der Waals surface area contributed by atoms with E-state index in [9.17, 15) is 13.2 Å². The Labute approximate surface area is 92.8 Å². The molecule has 1 aromatic heterocycles. The van der Waals surface area contributed by atoms with Gasteiger partial charge in [-0.2, -0.15) is 0 Å². The zero-order chi connectivity index (χ0) is 11.8. The van der Waals surface area contributed by atoms with Crippen molar-refractivity contribution in [3.05, 3.63) is 36.1 Å². The molecule has 16 heavy (non-hydrogen) atoms. The Morgan fingerprint density at radius 3 is 2.69 bits per heavy atom. The number of Topliss-reactive ketones (excluding diaryl/α,β-unsaturated/α-hetero) is 1. The number of carbonyl (C=O) groups excluding carboxylic acids is 1. The summed E-state index contributed by atoms with van der Waals surface area (Å²) in [6.07, 6.45) is 2.34. The lowest BCUT2D eigenvalue weighted by Gasteiger charge is -1.96. The SMILES string of the molecule is CS(=O)(=O)CC(=O)c1coc2ccccc12. The Balaban J connectivity index is 2.45. The van der Waals surface area contributed by atoms with Crippen LogP contribution >= 0.6 is 0 Å². The van der Waals surface area contributed by atoms with Crippen LogP contribution in [0.2, 0.25) is 0 Å². The van der Waals surface area contributed by atoms with Crippen LogP contribution in [-0.2, 0) is 9.84 Å². The van der Waals surface area contributed by atoms with E-state index < -0.39 is 21.4 Å². The van der Waals surface area contributed by atoms with Gasteiger partial charge in [0.25, 0.3) is 0 Å². The van der Waals surface area contributed by atoms with Crippen LogP contribution in [0.3, 0.4) is 0 Å². The lowest BCUT2D eigenvalue weighted by molar-refractivity contribution is 0.102. The van der Waals surface area contributed by atoms with Crippen molar-refractivity contribution in [1.29, 1.82) is 0 Å². The summed E-state index contributed by atoms with van der Waals surface area (Å²) in [5, 5.41) is 0.649. The third-order valence-electron chi connectivity index (χ3n) is 2.17. The van der Waals surface area contributed by atoms with Gasteiger partial charge in [0.1, 0.15) is 17.6 Å². The molecule has 2 aromatic rings. The Morgan fingerprint density at radius 2 is 2.00 bits per heavy atom. The molecule has 0 aliphatic rings. The Bertz CT molecular complexity index is 637. The molecular weight excluding hydrogens is 228 g/mol. The van der Waals surface area contributed by atoms with E-state index in [2.05, 4.69) is 0 Å². The van der Waals surface area contributed by atoms with Crippen molar-refractivity contribution < 1.29 is 17.6 Å². The van der Waals surface area contributed by atoms with Crippen molar-refractivity contribution in [3.8, 4) is 0 Å². The molecule has 5 heteroatoms. The van der Waals surface area contributed by atoms with Gasteiger partial charge >= 0.3 is 0 Å². The number of carbonyl (C=O) groups is 1. The molecule has 0 saturated heterocycles. The highest BCUT2D eigenvalue weighted by Gasteiger charge is 2.17. The van der Waals surface area contributed by atoms with Gasteiger partial charge in [0, 0.05) is 11.6 Å². The smallest absolute Gasteiger partial charge is 0.181 e. The predicted octanol–water partition coefficient (Wildman–Crippen LogP) is 1.66. The molecule has 84 valence electrons. The first kappa shape index (κ1) is 10.9. The van der Waals surface area contributed by atoms with Crippen LogP contribution in [0.25, 0.3) is 11.0 Å². The molecule has 2 rings (SSSR count). The molecule has 0 bridgehead atoms. The van der Waals surface area contributed by atoms with Crippen molar-refractivity contribution in [2.45, 2.75) is 0 Å². The van der Waals surface area contributed by atoms with Crippen LogP contribution in [-0.4, -0.2) is 26.2 Å². The van der Waals surface area contributed by atoms with E-state index in [-0.39, 0.29) is 0 Å². The molecule has 0 unspecified atom stereocenters. The van der Waals surface area contributed by atoms with Gasteiger partial charge in [0.2, 0.25) is 0 Å². The minimum absolute atomic E-state index is 0.320. The average Bonchev–Trinajstić information content (AvgIpc) is 2.58.